The lowest BCUT2D eigenvalue weighted by Crippen LogP contribution is -2.27. The van der Waals surface area contributed by atoms with Crippen molar-refractivity contribution >= 4 is 11.8 Å². The van der Waals surface area contributed by atoms with Crippen molar-refractivity contribution in [1.29, 1.82) is 0 Å². The van der Waals surface area contributed by atoms with E-state index in [0.29, 0.717) is 18.8 Å². The van der Waals surface area contributed by atoms with Gasteiger partial charge in [0.1, 0.15) is 5.78 Å². The summed E-state index contributed by atoms with van der Waals surface area (Å²) in [6.45, 7) is 2.05. The molecule has 0 heterocycles. The van der Waals surface area contributed by atoms with Gasteiger partial charge in [-0.1, -0.05) is 6.92 Å². The number of carboxylic acid groups (broad SMARTS) is 1. The first-order valence-electron chi connectivity index (χ1n) is 4.85. The molecular formula is C10H16O3. The van der Waals surface area contributed by atoms with Crippen molar-refractivity contribution in [3.8, 4) is 0 Å². The third kappa shape index (κ3) is 2.83. The number of carboxylic acids is 1. The second-order valence-electron chi connectivity index (χ2n) is 3.87. The Bertz CT molecular complexity index is 210. The van der Waals surface area contributed by atoms with Crippen molar-refractivity contribution in [3.05, 3.63) is 0 Å². The largest absolute Gasteiger partial charge is 0.481 e. The molecule has 0 spiro atoms. The molecule has 1 fully saturated rings. The first-order valence-corrected chi connectivity index (χ1v) is 4.85. The summed E-state index contributed by atoms with van der Waals surface area (Å²) in [5, 5.41) is 8.51. The van der Waals surface area contributed by atoms with E-state index in [1.165, 1.54) is 0 Å². The second-order valence-corrected chi connectivity index (χ2v) is 3.87. The van der Waals surface area contributed by atoms with Gasteiger partial charge in [-0.05, 0) is 25.2 Å². The van der Waals surface area contributed by atoms with Crippen LogP contribution in [0.2, 0.25) is 0 Å². The zero-order valence-electron chi connectivity index (χ0n) is 7.95. The smallest absolute Gasteiger partial charge is 0.303 e. The molecule has 1 aliphatic carbocycles. The fourth-order valence-electron chi connectivity index (χ4n) is 2.03. The van der Waals surface area contributed by atoms with Crippen molar-refractivity contribution in [1.82, 2.24) is 0 Å². The van der Waals surface area contributed by atoms with Crippen molar-refractivity contribution in [2.45, 2.75) is 39.0 Å². The van der Waals surface area contributed by atoms with Crippen molar-refractivity contribution < 1.29 is 14.7 Å². The summed E-state index contributed by atoms with van der Waals surface area (Å²) < 4.78 is 0. The SMILES string of the molecule is CC1CCCC(=O)C1CCC(=O)O. The number of Topliss-reactive ketones (excluding diaryl/α,β-unsaturated/α-hetero) is 1. The van der Waals surface area contributed by atoms with Gasteiger partial charge in [0.25, 0.3) is 0 Å². The van der Waals surface area contributed by atoms with Crippen LogP contribution in [0.5, 0.6) is 0 Å². The van der Waals surface area contributed by atoms with Gasteiger partial charge in [-0.2, -0.15) is 0 Å². The molecular weight excluding hydrogens is 168 g/mol. The molecule has 0 saturated heterocycles. The highest BCUT2D eigenvalue weighted by molar-refractivity contribution is 5.82. The molecule has 1 rings (SSSR count). The molecule has 1 N–H and O–H groups in total. The quantitative estimate of drug-likeness (QED) is 0.728. The molecule has 0 radical (unpaired) electrons. The monoisotopic (exact) mass is 184 g/mol. The lowest BCUT2D eigenvalue weighted by molar-refractivity contribution is -0.137. The minimum atomic E-state index is -0.800. The fourth-order valence-corrected chi connectivity index (χ4v) is 2.03. The van der Waals surface area contributed by atoms with Gasteiger partial charge in [0.05, 0.1) is 0 Å². The lowest BCUT2D eigenvalue weighted by atomic mass is 9.77. The lowest BCUT2D eigenvalue weighted by Gasteiger charge is -2.26. The molecule has 3 heteroatoms. The predicted octanol–water partition coefficient (Wildman–Crippen LogP) is 1.86. The van der Waals surface area contributed by atoms with Gasteiger partial charge in [0.2, 0.25) is 0 Å². The normalized spacial score (nSPS) is 28.8. The van der Waals surface area contributed by atoms with Crippen LogP contribution in [0.3, 0.4) is 0 Å². The molecule has 2 unspecified atom stereocenters. The number of aliphatic carboxylic acids is 1. The first-order chi connectivity index (χ1) is 6.11. The standard InChI is InChI=1S/C10H16O3/c1-7-3-2-4-9(11)8(7)5-6-10(12)13/h7-8H,2-6H2,1H3,(H,12,13). The maximum Gasteiger partial charge on any atom is 0.303 e. The van der Waals surface area contributed by atoms with Gasteiger partial charge in [0.15, 0.2) is 0 Å². The minimum absolute atomic E-state index is 0.00449. The Labute approximate surface area is 78.1 Å². The zero-order valence-corrected chi connectivity index (χ0v) is 7.95. The molecule has 13 heavy (non-hydrogen) atoms. The van der Waals surface area contributed by atoms with Gasteiger partial charge in [-0.25, -0.2) is 0 Å². The summed E-state index contributed by atoms with van der Waals surface area (Å²) in [6.07, 6.45) is 3.34. The van der Waals surface area contributed by atoms with Crippen molar-refractivity contribution in [3.63, 3.8) is 0 Å². The van der Waals surface area contributed by atoms with Crippen LogP contribution in [0.1, 0.15) is 39.0 Å². The van der Waals surface area contributed by atoms with Crippen LogP contribution in [-0.2, 0) is 9.59 Å². The van der Waals surface area contributed by atoms with E-state index in [0.717, 1.165) is 12.8 Å². The highest BCUT2D eigenvalue weighted by atomic mass is 16.4. The Balaban J connectivity index is 2.44. The molecule has 0 aromatic carbocycles. The maximum absolute atomic E-state index is 11.4. The number of carbonyl (C=O) groups excluding carboxylic acids is 1. The summed E-state index contributed by atoms with van der Waals surface area (Å²) in [6, 6.07) is 0. The van der Waals surface area contributed by atoms with E-state index < -0.39 is 5.97 Å². The van der Waals surface area contributed by atoms with Gasteiger partial charge in [-0.15, -0.1) is 0 Å². The predicted molar refractivity (Wildman–Crippen MR) is 48.4 cm³/mol. The summed E-state index contributed by atoms with van der Waals surface area (Å²) in [4.78, 5) is 21.8. The van der Waals surface area contributed by atoms with Crippen LogP contribution >= 0.6 is 0 Å². The van der Waals surface area contributed by atoms with Crippen LogP contribution in [0, 0.1) is 11.8 Å². The van der Waals surface area contributed by atoms with Crippen LogP contribution in [0.25, 0.3) is 0 Å². The number of hydrogen-bond donors (Lipinski definition) is 1. The van der Waals surface area contributed by atoms with E-state index in [1.54, 1.807) is 0 Å². The Morgan fingerprint density at radius 2 is 2.31 bits per heavy atom. The summed E-state index contributed by atoms with van der Waals surface area (Å²) in [7, 11) is 0. The van der Waals surface area contributed by atoms with Crippen LogP contribution in [0.15, 0.2) is 0 Å². The van der Waals surface area contributed by atoms with E-state index >= 15 is 0 Å². The van der Waals surface area contributed by atoms with Gasteiger partial charge < -0.3 is 5.11 Å². The number of rotatable bonds is 3. The van der Waals surface area contributed by atoms with Crippen LogP contribution in [-0.4, -0.2) is 16.9 Å². The van der Waals surface area contributed by atoms with E-state index in [-0.39, 0.29) is 18.1 Å². The van der Waals surface area contributed by atoms with Crippen LogP contribution in [0.4, 0.5) is 0 Å². The maximum atomic E-state index is 11.4. The molecule has 74 valence electrons. The first kappa shape index (κ1) is 10.2. The Kier molecular flexibility index (Phi) is 3.46. The van der Waals surface area contributed by atoms with E-state index in [1.807, 2.05) is 6.92 Å². The average Bonchev–Trinajstić information content (AvgIpc) is 2.03. The minimum Gasteiger partial charge on any atom is -0.481 e. The number of ketones is 1. The highest BCUT2D eigenvalue weighted by Gasteiger charge is 2.28. The van der Waals surface area contributed by atoms with Crippen LogP contribution < -0.4 is 0 Å². The Morgan fingerprint density at radius 3 is 2.85 bits per heavy atom. The Hall–Kier alpha value is -0.860. The molecule has 3 nitrogen and oxygen atoms in total. The molecule has 0 aromatic heterocycles. The van der Waals surface area contributed by atoms with Gasteiger partial charge >= 0.3 is 5.97 Å². The number of hydrogen-bond acceptors (Lipinski definition) is 2. The fraction of sp³-hybridized carbons (Fsp3) is 0.800. The third-order valence-corrected chi connectivity index (χ3v) is 2.85. The summed E-state index contributed by atoms with van der Waals surface area (Å²) in [5.41, 5.74) is 0. The molecule has 2 atom stereocenters. The van der Waals surface area contributed by atoms with Crippen molar-refractivity contribution in [2.75, 3.05) is 0 Å². The summed E-state index contributed by atoms with van der Waals surface area (Å²) >= 11 is 0. The molecule has 0 amide bonds. The third-order valence-electron chi connectivity index (χ3n) is 2.85. The van der Waals surface area contributed by atoms with Gasteiger partial charge in [-0.3, -0.25) is 9.59 Å². The average molecular weight is 184 g/mol. The van der Waals surface area contributed by atoms with Gasteiger partial charge in [0, 0.05) is 18.8 Å². The highest BCUT2D eigenvalue weighted by Crippen LogP contribution is 2.29. The topological polar surface area (TPSA) is 54.4 Å². The Morgan fingerprint density at radius 1 is 1.62 bits per heavy atom. The summed E-state index contributed by atoms with van der Waals surface area (Å²) in [5.74, 6) is -0.156. The molecule has 1 saturated carbocycles. The molecule has 0 aromatic rings. The van der Waals surface area contributed by atoms with E-state index in [9.17, 15) is 9.59 Å². The number of carbonyl (C=O) groups is 2. The second kappa shape index (κ2) is 4.40. The molecule has 0 aliphatic heterocycles. The van der Waals surface area contributed by atoms with Crippen molar-refractivity contribution in [2.24, 2.45) is 11.8 Å². The van der Waals surface area contributed by atoms with E-state index in [2.05, 4.69) is 0 Å². The molecule has 1 aliphatic rings. The molecule has 0 bridgehead atoms. The zero-order chi connectivity index (χ0) is 9.84. The van der Waals surface area contributed by atoms with E-state index in [4.69, 9.17) is 5.11 Å².